The number of benzene rings is 1. The molecule has 140 valence electrons. The van der Waals surface area contributed by atoms with E-state index in [9.17, 15) is 18.0 Å². The van der Waals surface area contributed by atoms with E-state index in [0.717, 1.165) is 37.0 Å². The van der Waals surface area contributed by atoms with Gasteiger partial charge in [0.15, 0.2) is 9.84 Å². The SMILES string of the molecule is O=C1C2CC3CCCCC3N2C(=O)N1CCS(=O)(=O)c1ccc(Cl)cc1. The Balaban J connectivity index is 1.47. The van der Waals surface area contributed by atoms with E-state index in [1.165, 1.54) is 24.3 Å². The quantitative estimate of drug-likeness (QED) is 0.733. The molecule has 3 atom stereocenters. The summed E-state index contributed by atoms with van der Waals surface area (Å²) in [5.74, 6) is -0.0990. The molecular weight excluding hydrogens is 376 g/mol. The largest absolute Gasteiger partial charge is 0.327 e. The lowest BCUT2D eigenvalue weighted by atomic mass is 9.84. The van der Waals surface area contributed by atoms with E-state index >= 15 is 0 Å². The summed E-state index contributed by atoms with van der Waals surface area (Å²) in [6.45, 7) is -0.104. The van der Waals surface area contributed by atoms with Crippen molar-refractivity contribution in [3.8, 4) is 0 Å². The van der Waals surface area contributed by atoms with Crippen LogP contribution in [0.1, 0.15) is 32.1 Å². The first-order valence-corrected chi connectivity index (χ1v) is 11.0. The Bertz CT molecular complexity index is 839. The summed E-state index contributed by atoms with van der Waals surface area (Å²) in [4.78, 5) is 28.5. The second-order valence-electron chi connectivity index (χ2n) is 7.32. The van der Waals surface area contributed by atoms with Gasteiger partial charge >= 0.3 is 6.03 Å². The van der Waals surface area contributed by atoms with Gasteiger partial charge in [0.2, 0.25) is 0 Å². The van der Waals surface area contributed by atoms with Crippen LogP contribution in [0, 0.1) is 5.92 Å². The average Bonchev–Trinajstić information content (AvgIpc) is 3.10. The number of amides is 3. The third kappa shape index (κ3) is 2.91. The molecule has 2 saturated heterocycles. The maximum atomic E-state index is 12.8. The molecule has 8 heteroatoms. The first-order valence-electron chi connectivity index (χ1n) is 9.00. The van der Waals surface area contributed by atoms with E-state index in [1.54, 1.807) is 4.90 Å². The molecule has 3 unspecified atom stereocenters. The molecule has 0 spiro atoms. The van der Waals surface area contributed by atoms with Crippen LogP contribution in [0.25, 0.3) is 0 Å². The number of nitrogens with zero attached hydrogens (tertiary/aromatic N) is 2. The van der Waals surface area contributed by atoms with Crippen LogP contribution in [0.4, 0.5) is 4.79 Å². The lowest BCUT2D eigenvalue weighted by molar-refractivity contribution is -0.127. The minimum absolute atomic E-state index is 0.104. The van der Waals surface area contributed by atoms with Gasteiger partial charge in [-0.1, -0.05) is 24.4 Å². The number of urea groups is 1. The third-order valence-electron chi connectivity index (χ3n) is 5.85. The van der Waals surface area contributed by atoms with Crippen LogP contribution in [0.3, 0.4) is 0 Å². The van der Waals surface area contributed by atoms with Gasteiger partial charge in [-0.2, -0.15) is 0 Å². The standard InChI is InChI=1S/C18H21ClN2O4S/c19-13-5-7-14(8-6-13)26(24,25)10-9-20-17(22)16-11-12-3-1-2-4-15(12)21(16)18(20)23/h5-8,12,15-16H,1-4,9-11H2. The van der Waals surface area contributed by atoms with Gasteiger partial charge in [-0.25, -0.2) is 13.2 Å². The van der Waals surface area contributed by atoms with Gasteiger partial charge in [0.1, 0.15) is 6.04 Å². The molecule has 0 N–H and O–H groups in total. The summed E-state index contributed by atoms with van der Waals surface area (Å²) in [6, 6.07) is 5.34. The molecule has 1 aromatic carbocycles. The monoisotopic (exact) mass is 396 g/mol. The van der Waals surface area contributed by atoms with Crippen molar-refractivity contribution in [2.45, 2.75) is 49.1 Å². The minimum atomic E-state index is -3.58. The summed E-state index contributed by atoms with van der Waals surface area (Å²) in [7, 11) is -3.58. The van der Waals surface area contributed by atoms with Crippen molar-refractivity contribution >= 4 is 33.4 Å². The maximum absolute atomic E-state index is 12.8. The van der Waals surface area contributed by atoms with Crippen LogP contribution in [-0.2, 0) is 14.6 Å². The number of imide groups is 1. The molecule has 3 aliphatic rings. The highest BCUT2D eigenvalue weighted by atomic mass is 35.5. The maximum Gasteiger partial charge on any atom is 0.327 e. The van der Waals surface area contributed by atoms with E-state index in [0.29, 0.717) is 10.9 Å². The van der Waals surface area contributed by atoms with Crippen LogP contribution < -0.4 is 0 Å². The fraction of sp³-hybridized carbons (Fsp3) is 0.556. The lowest BCUT2D eigenvalue weighted by Crippen LogP contribution is -2.42. The zero-order valence-corrected chi connectivity index (χ0v) is 15.9. The summed E-state index contributed by atoms with van der Waals surface area (Å²) in [5.41, 5.74) is 0. The Kier molecular flexibility index (Phi) is 4.47. The molecule has 0 aromatic heterocycles. The summed E-state index contributed by atoms with van der Waals surface area (Å²) in [5, 5.41) is 0.455. The van der Waals surface area contributed by atoms with Crippen LogP contribution >= 0.6 is 11.6 Å². The smallest absolute Gasteiger partial charge is 0.309 e. The highest BCUT2D eigenvalue weighted by Gasteiger charge is 2.55. The fourth-order valence-electron chi connectivity index (χ4n) is 4.55. The van der Waals surface area contributed by atoms with Crippen molar-refractivity contribution in [2.75, 3.05) is 12.3 Å². The minimum Gasteiger partial charge on any atom is -0.309 e. The summed E-state index contributed by atoms with van der Waals surface area (Å²) < 4.78 is 25.0. The number of hydrogen-bond donors (Lipinski definition) is 0. The van der Waals surface area contributed by atoms with E-state index in [1.807, 2.05) is 0 Å². The normalized spacial score (nSPS) is 28.4. The zero-order valence-electron chi connectivity index (χ0n) is 14.3. The molecule has 2 heterocycles. The van der Waals surface area contributed by atoms with E-state index in [4.69, 9.17) is 11.6 Å². The molecule has 1 aliphatic carbocycles. The van der Waals surface area contributed by atoms with Crippen molar-refractivity contribution in [3.63, 3.8) is 0 Å². The zero-order chi connectivity index (χ0) is 18.5. The van der Waals surface area contributed by atoms with Crippen molar-refractivity contribution in [1.29, 1.82) is 0 Å². The number of fused-ring (bicyclic) bond motifs is 3. The van der Waals surface area contributed by atoms with Gasteiger partial charge in [0.05, 0.1) is 10.6 Å². The number of carbonyl (C=O) groups is 2. The molecule has 3 amide bonds. The number of sulfone groups is 1. The number of halogens is 1. The first-order chi connectivity index (χ1) is 12.4. The Hall–Kier alpha value is -1.60. The van der Waals surface area contributed by atoms with Gasteiger partial charge in [0.25, 0.3) is 5.91 Å². The molecule has 6 nitrogen and oxygen atoms in total. The first kappa shape index (κ1) is 17.8. The lowest BCUT2D eigenvalue weighted by Gasteiger charge is -2.30. The van der Waals surface area contributed by atoms with Gasteiger partial charge in [-0.15, -0.1) is 0 Å². The molecular formula is C18H21ClN2O4S. The second kappa shape index (κ2) is 6.53. The predicted molar refractivity (Wildman–Crippen MR) is 96.6 cm³/mol. The Morgan fingerprint density at radius 3 is 2.50 bits per heavy atom. The van der Waals surface area contributed by atoms with Gasteiger partial charge in [-0.3, -0.25) is 9.69 Å². The van der Waals surface area contributed by atoms with Crippen LogP contribution in [0.15, 0.2) is 29.2 Å². The molecule has 0 radical (unpaired) electrons. The Labute approximate surface area is 158 Å². The van der Waals surface area contributed by atoms with Gasteiger partial charge in [-0.05, 0) is 49.4 Å². The number of carbonyl (C=O) groups excluding carboxylic acids is 2. The molecule has 1 aromatic rings. The molecule has 1 saturated carbocycles. The van der Waals surface area contributed by atoms with Crippen LogP contribution in [0.2, 0.25) is 5.02 Å². The Morgan fingerprint density at radius 2 is 1.77 bits per heavy atom. The van der Waals surface area contributed by atoms with Crippen LogP contribution in [-0.4, -0.2) is 54.5 Å². The second-order valence-corrected chi connectivity index (χ2v) is 9.86. The fourth-order valence-corrected chi connectivity index (χ4v) is 5.88. The van der Waals surface area contributed by atoms with Gasteiger partial charge < -0.3 is 4.90 Å². The molecule has 0 bridgehead atoms. The van der Waals surface area contributed by atoms with Crippen molar-refractivity contribution < 1.29 is 18.0 Å². The van der Waals surface area contributed by atoms with Crippen molar-refractivity contribution in [3.05, 3.63) is 29.3 Å². The molecule has 26 heavy (non-hydrogen) atoms. The third-order valence-corrected chi connectivity index (χ3v) is 7.81. The van der Waals surface area contributed by atoms with Crippen molar-refractivity contribution in [2.24, 2.45) is 5.92 Å². The van der Waals surface area contributed by atoms with E-state index in [-0.39, 0.29) is 35.2 Å². The van der Waals surface area contributed by atoms with Crippen LogP contribution in [0.5, 0.6) is 0 Å². The van der Waals surface area contributed by atoms with Gasteiger partial charge in [0, 0.05) is 17.6 Å². The van der Waals surface area contributed by atoms with E-state index < -0.39 is 15.9 Å². The molecule has 2 aliphatic heterocycles. The average molecular weight is 397 g/mol. The predicted octanol–water partition coefficient (Wildman–Crippen LogP) is 2.71. The number of hydrogen-bond acceptors (Lipinski definition) is 4. The number of rotatable bonds is 4. The van der Waals surface area contributed by atoms with E-state index in [2.05, 4.69) is 0 Å². The van der Waals surface area contributed by atoms with Crippen molar-refractivity contribution in [1.82, 2.24) is 9.80 Å². The molecule has 3 fully saturated rings. The summed E-state index contributed by atoms with van der Waals surface area (Å²) in [6.07, 6.45) is 4.97. The summed E-state index contributed by atoms with van der Waals surface area (Å²) >= 11 is 5.79. The highest BCUT2D eigenvalue weighted by molar-refractivity contribution is 7.91. The molecule has 4 rings (SSSR count). The topological polar surface area (TPSA) is 74.8 Å². The highest BCUT2D eigenvalue weighted by Crippen LogP contribution is 2.43. The Morgan fingerprint density at radius 1 is 1.08 bits per heavy atom.